The largest absolute Gasteiger partial charge is 0.493 e. The lowest BCUT2D eigenvalue weighted by atomic mass is 9.99. The average molecular weight is 362 g/mol. The number of nitrogens with one attached hydrogen (secondary N) is 2. The predicted octanol–water partition coefficient (Wildman–Crippen LogP) is 1.06. The summed E-state index contributed by atoms with van der Waals surface area (Å²) in [5.41, 5.74) is 6.12. The Bertz CT molecular complexity index is 745. The summed E-state index contributed by atoms with van der Waals surface area (Å²) < 4.78 is 15.8. The van der Waals surface area contributed by atoms with Crippen molar-refractivity contribution in [3.05, 3.63) is 17.7 Å². The number of hydrazone groups is 2. The van der Waals surface area contributed by atoms with E-state index in [-0.39, 0.29) is 24.2 Å². The first-order valence-electron chi connectivity index (χ1n) is 7.96. The van der Waals surface area contributed by atoms with Crippen LogP contribution in [0, 0.1) is 5.92 Å². The van der Waals surface area contributed by atoms with E-state index in [1.165, 1.54) is 27.5 Å². The molecule has 26 heavy (non-hydrogen) atoms. The van der Waals surface area contributed by atoms with Gasteiger partial charge in [0.1, 0.15) is 0 Å². The van der Waals surface area contributed by atoms with Gasteiger partial charge in [0.2, 0.25) is 17.6 Å². The highest BCUT2D eigenvalue weighted by molar-refractivity contribution is 6.07. The van der Waals surface area contributed by atoms with Crippen LogP contribution in [-0.4, -0.2) is 45.1 Å². The van der Waals surface area contributed by atoms with Gasteiger partial charge in [0.15, 0.2) is 11.5 Å². The maximum atomic E-state index is 11.9. The summed E-state index contributed by atoms with van der Waals surface area (Å²) in [4.78, 5) is 23.5. The Morgan fingerprint density at radius 1 is 1.27 bits per heavy atom. The molecule has 0 saturated heterocycles. The molecule has 0 fully saturated rings. The van der Waals surface area contributed by atoms with E-state index < -0.39 is 0 Å². The number of benzene rings is 1. The van der Waals surface area contributed by atoms with E-state index in [1.54, 1.807) is 19.1 Å². The van der Waals surface area contributed by atoms with Gasteiger partial charge in [-0.05, 0) is 25.5 Å². The molecule has 140 valence electrons. The molecule has 0 spiro atoms. The smallest absolute Gasteiger partial charge is 0.248 e. The first-order chi connectivity index (χ1) is 12.5. The second-order valence-electron chi connectivity index (χ2n) is 5.54. The zero-order valence-corrected chi connectivity index (χ0v) is 15.2. The van der Waals surface area contributed by atoms with Crippen molar-refractivity contribution in [3.8, 4) is 17.2 Å². The van der Waals surface area contributed by atoms with Gasteiger partial charge in [-0.25, -0.2) is 10.9 Å². The first kappa shape index (κ1) is 19.2. The van der Waals surface area contributed by atoms with Crippen LogP contribution in [0.25, 0.3) is 0 Å². The van der Waals surface area contributed by atoms with Gasteiger partial charge >= 0.3 is 0 Å². The summed E-state index contributed by atoms with van der Waals surface area (Å²) in [6.45, 7) is 1.75. The molecule has 0 aliphatic carbocycles. The van der Waals surface area contributed by atoms with Crippen molar-refractivity contribution in [1.82, 2.24) is 10.9 Å². The number of methoxy groups -OCH3 is 3. The van der Waals surface area contributed by atoms with Crippen LogP contribution in [0.4, 0.5) is 0 Å². The van der Waals surface area contributed by atoms with Crippen LogP contribution in [0.2, 0.25) is 0 Å². The van der Waals surface area contributed by atoms with Crippen LogP contribution < -0.4 is 25.1 Å². The van der Waals surface area contributed by atoms with E-state index >= 15 is 0 Å². The number of carbonyl (C=O) groups is 2. The van der Waals surface area contributed by atoms with Gasteiger partial charge in [-0.3, -0.25) is 9.59 Å². The van der Waals surface area contributed by atoms with Crippen molar-refractivity contribution < 1.29 is 23.8 Å². The Kier molecular flexibility index (Phi) is 6.54. The number of nitrogens with zero attached hydrogens (tertiary/aromatic N) is 2. The van der Waals surface area contributed by atoms with E-state index in [2.05, 4.69) is 21.1 Å². The topological polar surface area (TPSA) is 111 Å². The van der Waals surface area contributed by atoms with Crippen LogP contribution in [-0.2, 0) is 9.59 Å². The number of amides is 2. The minimum absolute atomic E-state index is 0.158. The molecule has 0 bridgehead atoms. The molecule has 2 rings (SSSR count). The molecule has 1 heterocycles. The predicted molar refractivity (Wildman–Crippen MR) is 95.8 cm³/mol. The highest BCUT2D eigenvalue weighted by Crippen LogP contribution is 2.38. The molecular weight excluding hydrogens is 340 g/mol. The molecule has 1 aliphatic heterocycles. The van der Waals surface area contributed by atoms with E-state index in [9.17, 15) is 9.59 Å². The van der Waals surface area contributed by atoms with Crippen LogP contribution in [0.3, 0.4) is 0 Å². The van der Waals surface area contributed by atoms with E-state index in [4.69, 9.17) is 14.2 Å². The Hall–Kier alpha value is -3.10. The zero-order valence-electron chi connectivity index (χ0n) is 15.2. The van der Waals surface area contributed by atoms with Gasteiger partial charge in [0, 0.05) is 17.7 Å². The van der Waals surface area contributed by atoms with Gasteiger partial charge in [-0.15, -0.1) is 0 Å². The third-order valence-corrected chi connectivity index (χ3v) is 3.95. The Labute approximate surface area is 151 Å². The fourth-order valence-corrected chi connectivity index (χ4v) is 2.56. The number of hydrogen-bond acceptors (Lipinski definition) is 7. The standard InChI is InChI=1S/C17H22N4O5/c1-10-12(17(23)21-19-10)6-8-14(22)20-18-9-11-5-7-13(24-2)16(26-4)15(11)25-3/h5,7,9,12H,6,8H2,1-4H3,(H,20,22)(H,21,23). The second kappa shape index (κ2) is 8.84. The molecule has 1 aliphatic rings. The van der Waals surface area contributed by atoms with Gasteiger partial charge < -0.3 is 14.2 Å². The van der Waals surface area contributed by atoms with Crippen molar-refractivity contribution in [2.45, 2.75) is 19.8 Å². The van der Waals surface area contributed by atoms with Crippen molar-refractivity contribution >= 4 is 23.7 Å². The molecule has 0 saturated carbocycles. The lowest BCUT2D eigenvalue weighted by molar-refractivity contribution is -0.123. The molecular formula is C17H22N4O5. The summed E-state index contributed by atoms with van der Waals surface area (Å²) in [6, 6.07) is 3.45. The summed E-state index contributed by atoms with van der Waals surface area (Å²) in [5.74, 6) is 0.557. The van der Waals surface area contributed by atoms with Gasteiger partial charge in [-0.2, -0.15) is 10.2 Å². The van der Waals surface area contributed by atoms with Gasteiger partial charge in [0.05, 0.1) is 33.5 Å². The molecule has 1 aromatic carbocycles. The van der Waals surface area contributed by atoms with Crippen molar-refractivity contribution in [2.75, 3.05) is 21.3 Å². The molecule has 1 atom stereocenters. The molecule has 9 nitrogen and oxygen atoms in total. The molecule has 9 heteroatoms. The monoisotopic (exact) mass is 362 g/mol. The number of ether oxygens (including phenoxy) is 3. The lowest BCUT2D eigenvalue weighted by Crippen LogP contribution is -2.25. The Balaban J connectivity index is 1.96. The molecule has 2 amide bonds. The van der Waals surface area contributed by atoms with E-state index in [1.807, 2.05) is 0 Å². The molecule has 2 N–H and O–H groups in total. The Morgan fingerprint density at radius 2 is 2.00 bits per heavy atom. The van der Waals surface area contributed by atoms with Crippen molar-refractivity contribution in [3.63, 3.8) is 0 Å². The average Bonchev–Trinajstić information content (AvgIpc) is 2.97. The summed E-state index contributed by atoms with van der Waals surface area (Å²) in [7, 11) is 4.54. The Morgan fingerprint density at radius 3 is 2.58 bits per heavy atom. The lowest BCUT2D eigenvalue weighted by Gasteiger charge is -2.13. The summed E-state index contributed by atoms with van der Waals surface area (Å²) in [6.07, 6.45) is 1.99. The number of carbonyl (C=O) groups excluding carboxylic acids is 2. The fourth-order valence-electron chi connectivity index (χ4n) is 2.56. The first-order valence-corrected chi connectivity index (χ1v) is 7.96. The van der Waals surface area contributed by atoms with E-state index in [0.29, 0.717) is 34.9 Å². The van der Waals surface area contributed by atoms with Crippen molar-refractivity contribution in [2.24, 2.45) is 16.1 Å². The van der Waals surface area contributed by atoms with E-state index in [0.717, 1.165) is 0 Å². The third-order valence-electron chi connectivity index (χ3n) is 3.95. The number of hydrogen-bond donors (Lipinski definition) is 2. The minimum Gasteiger partial charge on any atom is -0.493 e. The minimum atomic E-state index is -0.365. The zero-order chi connectivity index (χ0) is 19.1. The van der Waals surface area contributed by atoms with Gasteiger partial charge in [-0.1, -0.05) is 0 Å². The van der Waals surface area contributed by atoms with Crippen LogP contribution in [0.15, 0.2) is 22.3 Å². The highest BCUT2D eigenvalue weighted by atomic mass is 16.5. The summed E-state index contributed by atoms with van der Waals surface area (Å²) >= 11 is 0. The molecule has 0 radical (unpaired) electrons. The maximum absolute atomic E-state index is 11.9. The molecule has 1 aromatic rings. The third kappa shape index (κ3) is 4.29. The summed E-state index contributed by atoms with van der Waals surface area (Å²) in [5, 5.41) is 7.78. The quantitative estimate of drug-likeness (QED) is 0.531. The normalized spacial score (nSPS) is 16.2. The second-order valence-corrected chi connectivity index (χ2v) is 5.54. The van der Waals surface area contributed by atoms with Gasteiger partial charge in [0.25, 0.3) is 0 Å². The SMILES string of the molecule is COc1ccc(C=NNC(=O)CCC2C(=O)NN=C2C)c(OC)c1OC. The maximum Gasteiger partial charge on any atom is 0.248 e. The molecule has 0 aromatic heterocycles. The van der Waals surface area contributed by atoms with Crippen LogP contribution >= 0.6 is 0 Å². The van der Waals surface area contributed by atoms with Crippen LogP contribution in [0.1, 0.15) is 25.3 Å². The highest BCUT2D eigenvalue weighted by Gasteiger charge is 2.27. The molecule has 1 unspecified atom stereocenters. The van der Waals surface area contributed by atoms with Crippen molar-refractivity contribution in [1.29, 1.82) is 0 Å². The number of rotatable bonds is 8. The fraction of sp³-hybridized carbons (Fsp3) is 0.412. The van der Waals surface area contributed by atoms with Crippen LogP contribution in [0.5, 0.6) is 17.2 Å².